The first-order valence-corrected chi connectivity index (χ1v) is 9.19. The van der Waals surface area contributed by atoms with Crippen molar-refractivity contribution in [2.75, 3.05) is 6.61 Å². The minimum atomic E-state index is -0.263. The van der Waals surface area contributed by atoms with Gasteiger partial charge in [-0.2, -0.15) is 0 Å². The summed E-state index contributed by atoms with van der Waals surface area (Å²) in [6, 6.07) is 0. The molecule has 0 heterocycles. The quantitative estimate of drug-likeness (QED) is 0.127. The first kappa shape index (κ1) is 17.9. The molecule has 100 valence electrons. The van der Waals surface area contributed by atoms with E-state index in [1.54, 1.807) is 6.92 Å². The van der Waals surface area contributed by atoms with E-state index in [1.165, 1.54) is 35.9 Å². The second-order valence-electron chi connectivity index (χ2n) is 4.50. The highest BCUT2D eigenvalue weighted by Crippen LogP contribution is 2.29. The number of ether oxygens (including phenoxy) is 1. The standard InChI is InChI=1S/C12H22I2O2Si/c1-10(2)11(15)16-9-7-5-3-4-6-8-12(13,14)17/h1,3-9H2,2,17H3. The number of hydrogen-bond acceptors (Lipinski definition) is 2. The summed E-state index contributed by atoms with van der Waals surface area (Å²) in [5, 5.41) is 0. The van der Waals surface area contributed by atoms with Crippen LogP contribution in [0.5, 0.6) is 0 Å². The van der Waals surface area contributed by atoms with Crippen LogP contribution in [0.15, 0.2) is 12.2 Å². The zero-order chi connectivity index (χ0) is 13.3. The Morgan fingerprint density at radius 3 is 2.29 bits per heavy atom. The summed E-state index contributed by atoms with van der Waals surface area (Å²) in [5.41, 5.74) is 0.484. The minimum absolute atomic E-state index is 0.263. The molecule has 0 amide bonds. The number of esters is 1. The molecule has 0 aromatic carbocycles. The second kappa shape index (κ2) is 9.77. The van der Waals surface area contributed by atoms with Gasteiger partial charge in [0.05, 0.1) is 7.66 Å². The smallest absolute Gasteiger partial charge is 0.333 e. The molecule has 0 aromatic rings. The van der Waals surface area contributed by atoms with Crippen LogP contribution in [-0.4, -0.2) is 23.9 Å². The highest BCUT2D eigenvalue weighted by atomic mass is 127. The van der Waals surface area contributed by atoms with E-state index in [9.17, 15) is 4.79 Å². The van der Waals surface area contributed by atoms with Crippen molar-refractivity contribution < 1.29 is 9.53 Å². The van der Waals surface area contributed by atoms with Gasteiger partial charge in [0.1, 0.15) is 0 Å². The lowest BCUT2D eigenvalue weighted by molar-refractivity contribution is -0.139. The van der Waals surface area contributed by atoms with E-state index in [-0.39, 0.29) is 5.97 Å². The van der Waals surface area contributed by atoms with Gasteiger partial charge in [-0.3, -0.25) is 0 Å². The fourth-order valence-corrected chi connectivity index (χ4v) is 2.47. The van der Waals surface area contributed by atoms with Gasteiger partial charge in [0.15, 0.2) is 0 Å². The maximum Gasteiger partial charge on any atom is 0.333 e. The lowest BCUT2D eigenvalue weighted by Crippen LogP contribution is -2.09. The molecule has 0 bridgehead atoms. The van der Waals surface area contributed by atoms with Crippen LogP contribution in [0, 0.1) is 0 Å². The predicted molar refractivity (Wildman–Crippen MR) is 94.2 cm³/mol. The third-order valence-electron chi connectivity index (χ3n) is 2.34. The van der Waals surface area contributed by atoms with Crippen LogP contribution in [0.2, 0.25) is 0 Å². The molecule has 0 fully saturated rings. The maximum absolute atomic E-state index is 11.1. The summed E-state index contributed by atoms with van der Waals surface area (Å²) < 4.78 is 5.56. The summed E-state index contributed by atoms with van der Waals surface area (Å²) in [4.78, 5) is 11.1. The van der Waals surface area contributed by atoms with E-state index >= 15 is 0 Å². The average Bonchev–Trinajstić information content (AvgIpc) is 2.19. The molecule has 5 heteroatoms. The highest BCUT2D eigenvalue weighted by Gasteiger charge is 2.13. The number of rotatable bonds is 9. The highest BCUT2D eigenvalue weighted by molar-refractivity contribution is 14.2. The molecular formula is C12H22I2O2Si. The van der Waals surface area contributed by atoms with Crippen LogP contribution in [0.4, 0.5) is 0 Å². The number of carbonyl (C=O) groups excluding carboxylic acids is 1. The van der Waals surface area contributed by atoms with Gasteiger partial charge in [-0.25, -0.2) is 4.79 Å². The Kier molecular flexibility index (Phi) is 10.3. The number of halogens is 2. The van der Waals surface area contributed by atoms with Gasteiger partial charge in [0.2, 0.25) is 0 Å². The first-order valence-electron chi connectivity index (χ1n) is 6.03. The molecule has 0 saturated heterocycles. The predicted octanol–water partition coefficient (Wildman–Crippen LogP) is 3.34. The van der Waals surface area contributed by atoms with Crippen molar-refractivity contribution in [1.82, 2.24) is 0 Å². The molecule has 0 aliphatic heterocycles. The Morgan fingerprint density at radius 1 is 1.24 bits per heavy atom. The summed E-state index contributed by atoms with van der Waals surface area (Å²) in [5.74, 6) is -0.263. The van der Waals surface area contributed by atoms with Gasteiger partial charge >= 0.3 is 5.97 Å². The van der Waals surface area contributed by atoms with Crippen LogP contribution in [-0.2, 0) is 9.53 Å². The van der Waals surface area contributed by atoms with Crippen LogP contribution in [0.3, 0.4) is 0 Å². The number of hydrogen-bond donors (Lipinski definition) is 0. The minimum Gasteiger partial charge on any atom is -0.462 e. The van der Waals surface area contributed by atoms with E-state index in [2.05, 4.69) is 51.8 Å². The molecule has 0 spiro atoms. The number of carbonyl (C=O) groups is 1. The monoisotopic (exact) mass is 480 g/mol. The third kappa shape index (κ3) is 13.1. The Hall–Kier alpha value is 0.887. The van der Waals surface area contributed by atoms with E-state index in [1.807, 2.05) is 0 Å². The number of alkyl halides is 2. The van der Waals surface area contributed by atoms with E-state index < -0.39 is 0 Å². The lowest BCUT2D eigenvalue weighted by atomic mass is 10.1. The van der Waals surface area contributed by atoms with E-state index in [0.29, 0.717) is 13.2 Å². The summed E-state index contributed by atoms with van der Waals surface area (Å²) >= 11 is 5.09. The van der Waals surface area contributed by atoms with Gasteiger partial charge in [-0.05, 0) is 19.8 Å². The van der Waals surface area contributed by atoms with Gasteiger partial charge in [-0.15, -0.1) is 0 Å². The van der Waals surface area contributed by atoms with Crippen molar-refractivity contribution in [3.05, 3.63) is 12.2 Å². The van der Waals surface area contributed by atoms with Crippen LogP contribution in [0.1, 0.15) is 45.4 Å². The Morgan fingerprint density at radius 2 is 1.76 bits per heavy atom. The summed E-state index contributed by atoms with van der Waals surface area (Å²) in [6.07, 6.45) is 7.31. The SMILES string of the molecule is C=C(C)C(=O)OCCCCCCCC([SiH3])(I)I. The zero-order valence-corrected chi connectivity index (χ0v) is 17.0. The molecule has 0 rings (SSSR count). The molecule has 0 atom stereocenters. The van der Waals surface area contributed by atoms with Gasteiger partial charge in [0.25, 0.3) is 0 Å². The van der Waals surface area contributed by atoms with E-state index in [0.717, 1.165) is 12.8 Å². The Balaban J connectivity index is 3.25. The molecule has 0 aromatic heterocycles. The van der Waals surface area contributed by atoms with Crippen molar-refractivity contribution in [3.63, 3.8) is 0 Å². The normalized spacial score (nSPS) is 11.5. The van der Waals surface area contributed by atoms with Crippen molar-refractivity contribution in [1.29, 1.82) is 0 Å². The van der Waals surface area contributed by atoms with Gasteiger partial charge < -0.3 is 4.74 Å². The van der Waals surface area contributed by atoms with Crippen LogP contribution < -0.4 is 0 Å². The fourth-order valence-electron chi connectivity index (χ4n) is 1.36. The topological polar surface area (TPSA) is 26.3 Å². The van der Waals surface area contributed by atoms with Crippen molar-refractivity contribution >= 4 is 61.4 Å². The second-order valence-corrected chi connectivity index (χ2v) is 17.1. The third-order valence-corrected chi connectivity index (χ3v) is 3.92. The van der Waals surface area contributed by atoms with Crippen LogP contribution >= 0.6 is 45.2 Å². The average molecular weight is 480 g/mol. The molecule has 0 aliphatic carbocycles. The fraction of sp³-hybridized carbons (Fsp3) is 0.750. The Bertz CT molecular complexity index is 249. The molecule has 0 radical (unpaired) electrons. The molecule has 0 unspecified atom stereocenters. The molecule has 0 saturated carbocycles. The molecule has 0 N–H and O–H groups in total. The van der Waals surface area contributed by atoms with Crippen molar-refractivity contribution in [2.24, 2.45) is 0 Å². The molecule has 17 heavy (non-hydrogen) atoms. The van der Waals surface area contributed by atoms with Gasteiger partial charge in [0, 0.05) is 15.8 Å². The first-order chi connectivity index (χ1) is 7.83. The van der Waals surface area contributed by atoms with Crippen LogP contribution in [0.25, 0.3) is 0 Å². The maximum atomic E-state index is 11.1. The van der Waals surface area contributed by atoms with Crippen molar-refractivity contribution in [2.45, 2.75) is 46.5 Å². The van der Waals surface area contributed by atoms with Gasteiger partial charge in [-0.1, -0.05) is 77.4 Å². The molecular weight excluding hydrogens is 458 g/mol. The largest absolute Gasteiger partial charge is 0.462 e. The lowest BCUT2D eigenvalue weighted by Gasteiger charge is -2.13. The summed E-state index contributed by atoms with van der Waals surface area (Å²) in [7, 11) is 1.25. The van der Waals surface area contributed by atoms with E-state index in [4.69, 9.17) is 4.74 Å². The number of unbranched alkanes of at least 4 members (excludes halogenated alkanes) is 4. The summed E-state index contributed by atoms with van der Waals surface area (Å²) in [6.45, 7) is 5.76. The molecule has 2 nitrogen and oxygen atoms in total. The van der Waals surface area contributed by atoms with Crippen molar-refractivity contribution in [3.8, 4) is 0 Å². The zero-order valence-electron chi connectivity index (χ0n) is 10.7. The Labute approximate surface area is 135 Å². The molecule has 0 aliphatic rings.